The van der Waals surface area contributed by atoms with E-state index in [9.17, 15) is 4.79 Å². The van der Waals surface area contributed by atoms with Crippen LogP contribution in [-0.2, 0) is 4.79 Å². The number of fused-ring (bicyclic) bond motifs is 1. The molecule has 0 aromatic heterocycles. The summed E-state index contributed by atoms with van der Waals surface area (Å²) in [5, 5.41) is 0. The van der Waals surface area contributed by atoms with Gasteiger partial charge in [-0.3, -0.25) is 9.69 Å². The summed E-state index contributed by atoms with van der Waals surface area (Å²) in [6, 6.07) is 0.976. The van der Waals surface area contributed by atoms with Crippen LogP contribution < -0.4 is 5.73 Å². The lowest BCUT2D eigenvalue weighted by molar-refractivity contribution is -0.135. The van der Waals surface area contributed by atoms with Gasteiger partial charge in [0, 0.05) is 38.1 Å². The number of rotatable bonds is 2. The molecule has 1 amide bonds. The Balaban J connectivity index is 1.50. The second-order valence-electron chi connectivity index (χ2n) is 6.67. The summed E-state index contributed by atoms with van der Waals surface area (Å²) in [6.45, 7) is 4.23. The fraction of sp³-hybridized carbons (Fsp3) is 0.933. The first kappa shape index (κ1) is 13.4. The van der Waals surface area contributed by atoms with E-state index in [2.05, 4.69) is 9.80 Å². The molecule has 2 heterocycles. The highest BCUT2D eigenvalue weighted by atomic mass is 16.2. The predicted octanol–water partition coefficient (Wildman–Crippen LogP) is 1.20. The second kappa shape index (κ2) is 5.80. The van der Waals surface area contributed by atoms with Gasteiger partial charge in [0.1, 0.15) is 0 Å². The fourth-order valence-electron chi connectivity index (χ4n) is 4.11. The topological polar surface area (TPSA) is 49.6 Å². The van der Waals surface area contributed by atoms with Crippen molar-refractivity contribution in [2.24, 2.45) is 11.7 Å². The molecule has 3 unspecified atom stereocenters. The van der Waals surface area contributed by atoms with Gasteiger partial charge in [-0.05, 0) is 44.6 Å². The third kappa shape index (κ3) is 3.11. The number of hydrogen-bond acceptors (Lipinski definition) is 3. The van der Waals surface area contributed by atoms with Gasteiger partial charge >= 0.3 is 0 Å². The maximum absolute atomic E-state index is 12.4. The van der Waals surface area contributed by atoms with Crippen molar-refractivity contribution in [1.82, 2.24) is 9.80 Å². The molecule has 2 saturated heterocycles. The average molecular weight is 265 g/mol. The van der Waals surface area contributed by atoms with E-state index in [0.717, 1.165) is 38.9 Å². The maximum Gasteiger partial charge on any atom is 0.222 e. The molecule has 3 aliphatic rings. The highest BCUT2D eigenvalue weighted by Gasteiger charge is 2.33. The summed E-state index contributed by atoms with van der Waals surface area (Å²) < 4.78 is 0. The highest BCUT2D eigenvalue weighted by Crippen LogP contribution is 2.27. The van der Waals surface area contributed by atoms with E-state index in [4.69, 9.17) is 5.73 Å². The Morgan fingerprint density at radius 3 is 2.84 bits per heavy atom. The van der Waals surface area contributed by atoms with Crippen LogP contribution in [0.25, 0.3) is 0 Å². The summed E-state index contributed by atoms with van der Waals surface area (Å²) in [7, 11) is 0. The molecule has 3 rings (SSSR count). The first-order valence-electron chi connectivity index (χ1n) is 8.00. The van der Waals surface area contributed by atoms with Crippen LogP contribution in [-0.4, -0.2) is 54.0 Å². The summed E-state index contributed by atoms with van der Waals surface area (Å²) in [4.78, 5) is 17.1. The first-order valence-corrected chi connectivity index (χ1v) is 8.00. The Morgan fingerprint density at radius 2 is 2.00 bits per heavy atom. The van der Waals surface area contributed by atoms with Crippen LogP contribution >= 0.6 is 0 Å². The molecule has 4 nitrogen and oxygen atoms in total. The molecule has 2 aliphatic heterocycles. The van der Waals surface area contributed by atoms with Crippen LogP contribution in [0.2, 0.25) is 0 Å². The number of piperazine rings is 1. The van der Waals surface area contributed by atoms with Crippen LogP contribution in [0, 0.1) is 5.92 Å². The molecule has 1 aliphatic carbocycles. The normalized spacial score (nSPS) is 36.3. The van der Waals surface area contributed by atoms with E-state index in [1.165, 1.54) is 32.2 Å². The zero-order chi connectivity index (χ0) is 13.2. The Kier molecular flexibility index (Phi) is 4.08. The molecule has 1 saturated carbocycles. The van der Waals surface area contributed by atoms with Crippen LogP contribution in [0.3, 0.4) is 0 Å². The van der Waals surface area contributed by atoms with E-state index < -0.39 is 0 Å². The monoisotopic (exact) mass is 265 g/mol. The summed E-state index contributed by atoms with van der Waals surface area (Å²) in [6.07, 6.45) is 7.92. The molecular weight excluding hydrogens is 238 g/mol. The van der Waals surface area contributed by atoms with Crippen molar-refractivity contribution in [2.75, 3.05) is 26.2 Å². The zero-order valence-corrected chi connectivity index (χ0v) is 11.9. The van der Waals surface area contributed by atoms with Gasteiger partial charge in [-0.1, -0.05) is 6.42 Å². The number of amides is 1. The van der Waals surface area contributed by atoms with E-state index in [-0.39, 0.29) is 0 Å². The van der Waals surface area contributed by atoms with Gasteiger partial charge in [0.2, 0.25) is 5.91 Å². The van der Waals surface area contributed by atoms with Gasteiger partial charge in [-0.15, -0.1) is 0 Å². The third-order valence-corrected chi connectivity index (χ3v) is 5.23. The Labute approximate surface area is 116 Å². The molecular formula is C15H27N3O. The molecule has 4 heteroatoms. The van der Waals surface area contributed by atoms with Crippen molar-refractivity contribution in [3.63, 3.8) is 0 Å². The quantitative estimate of drug-likeness (QED) is 0.816. The summed E-state index contributed by atoms with van der Waals surface area (Å²) in [5.74, 6) is 0.920. The van der Waals surface area contributed by atoms with E-state index in [0.29, 0.717) is 23.9 Å². The van der Waals surface area contributed by atoms with Gasteiger partial charge in [-0.2, -0.15) is 0 Å². The molecule has 0 spiro atoms. The zero-order valence-electron chi connectivity index (χ0n) is 11.9. The number of carbonyl (C=O) groups excluding carboxylic acids is 1. The predicted molar refractivity (Wildman–Crippen MR) is 75.7 cm³/mol. The van der Waals surface area contributed by atoms with Crippen LogP contribution in [0.4, 0.5) is 0 Å². The standard InChI is InChI=1S/C15H27N3O/c16-13-4-1-3-12(9-13)10-15(19)18-8-7-17-6-2-5-14(17)11-18/h12-14H,1-11,16H2. The lowest BCUT2D eigenvalue weighted by Crippen LogP contribution is -2.52. The molecule has 0 bridgehead atoms. The number of nitrogens with two attached hydrogens (primary N) is 1. The third-order valence-electron chi connectivity index (χ3n) is 5.23. The van der Waals surface area contributed by atoms with Crippen LogP contribution in [0.15, 0.2) is 0 Å². The maximum atomic E-state index is 12.4. The van der Waals surface area contributed by atoms with E-state index in [1.807, 2.05) is 0 Å². The lowest BCUT2D eigenvalue weighted by atomic mass is 9.84. The first-order chi connectivity index (χ1) is 9.22. The molecule has 108 valence electrons. The van der Waals surface area contributed by atoms with Gasteiger partial charge in [-0.25, -0.2) is 0 Å². The Hall–Kier alpha value is -0.610. The van der Waals surface area contributed by atoms with Gasteiger partial charge < -0.3 is 10.6 Å². The largest absolute Gasteiger partial charge is 0.340 e. The second-order valence-corrected chi connectivity index (χ2v) is 6.67. The average Bonchev–Trinajstić information content (AvgIpc) is 2.85. The van der Waals surface area contributed by atoms with E-state index in [1.54, 1.807) is 0 Å². The Bertz CT molecular complexity index is 333. The van der Waals surface area contributed by atoms with Crippen molar-refractivity contribution in [1.29, 1.82) is 0 Å². The van der Waals surface area contributed by atoms with Crippen LogP contribution in [0.5, 0.6) is 0 Å². The van der Waals surface area contributed by atoms with Crippen molar-refractivity contribution in [2.45, 2.75) is 57.0 Å². The highest BCUT2D eigenvalue weighted by molar-refractivity contribution is 5.76. The molecule has 0 radical (unpaired) electrons. The molecule has 2 N–H and O–H groups in total. The molecule has 19 heavy (non-hydrogen) atoms. The van der Waals surface area contributed by atoms with Crippen LogP contribution in [0.1, 0.15) is 44.9 Å². The Morgan fingerprint density at radius 1 is 1.11 bits per heavy atom. The van der Waals surface area contributed by atoms with Gasteiger partial charge in [0.05, 0.1) is 0 Å². The van der Waals surface area contributed by atoms with Gasteiger partial charge in [0.15, 0.2) is 0 Å². The van der Waals surface area contributed by atoms with Crippen molar-refractivity contribution < 1.29 is 4.79 Å². The molecule has 0 aromatic carbocycles. The molecule has 3 atom stereocenters. The van der Waals surface area contributed by atoms with Gasteiger partial charge in [0.25, 0.3) is 0 Å². The number of nitrogens with zero attached hydrogens (tertiary/aromatic N) is 2. The minimum atomic E-state index is 0.332. The SMILES string of the molecule is NC1CCCC(CC(=O)N2CCN3CCCC3C2)C1. The van der Waals surface area contributed by atoms with Crippen molar-refractivity contribution >= 4 is 5.91 Å². The molecule has 3 fully saturated rings. The fourth-order valence-corrected chi connectivity index (χ4v) is 4.11. The molecule has 0 aromatic rings. The summed E-state index contributed by atoms with van der Waals surface area (Å²) >= 11 is 0. The number of carbonyl (C=O) groups is 1. The summed E-state index contributed by atoms with van der Waals surface area (Å²) in [5.41, 5.74) is 6.02. The lowest BCUT2D eigenvalue weighted by Gasteiger charge is -2.38. The smallest absolute Gasteiger partial charge is 0.222 e. The van der Waals surface area contributed by atoms with Crippen molar-refractivity contribution in [3.05, 3.63) is 0 Å². The van der Waals surface area contributed by atoms with Crippen molar-refractivity contribution in [3.8, 4) is 0 Å². The number of hydrogen-bond donors (Lipinski definition) is 1. The van der Waals surface area contributed by atoms with E-state index >= 15 is 0 Å². The minimum absolute atomic E-state index is 0.332. The minimum Gasteiger partial charge on any atom is -0.340 e.